The Hall–Kier alpha value is -0.730. The molecule has 0 fully saturated rings. The number of likely N-dealkylation sites (N-methyl/N-ethyl adjacent to an activating group) is 1. The summed E-state index contributed by atoms with van der Waals surface area (Å²) in [5.41, 5.74) is 4.67. The van der Waals surface area contributed by atoms with Crippen LogP contribution in [-0.4, -0.2) is 20.2 Å². The lowest BCUT2D eigenvalue weighted by Crippen LogP contribution is -2.38. The molecule has 1 N–H and O–H groups in total. The summed E-state index contributed by atoms with van der Waals surface area (Å²) in [7, 11) is 3.89. The lowest BCUT2D eigenvalue weighted by molar-refractivity contribution is 0.358. The van der Waals surface area contributed by atoms with Gasteiger partial charge in [0.05, 0.1) is 7.11 Å². The van der Waals surface area contributed by atoms with Crippen molar-refractivity contribution >= 4 is 12.4 Å². The van der Waals surface area contributed by atoms with Gasteiger partial charge in [-0.2, -0.15) is 0 Å². The first kappa shape index (κ1) is 13.7. The maximum Gasteiger partial charge on any atom is 0.122 e. The first-order valence-electron chi connectivity index (χ1n) is 6.71. The second-order valence-corrected chi connectivity index (χ2v) is 5.25. The first-order valence-corrected chi connectivity index (χ1v) is 6.71. The Morgan fingerprint density at radius 3 is 2.78 bits per heavy atom. The highest BCUT2D eigenvalue weighted by Crippen LogP contribution is 2.44. The highest BCUT2D eigenvalue weighted by Gasteiger charge is 2.33. The zero-order chi connectivity index (χ0) is 11.8. The van der Waals surface area contributed by atoms with Crippen molar-refractivity contribution in [3.8, 4) is 5.75 Å². The second-order valence-electron chi connectivity index (χ2n) is 5.25. The molecule has 2 aliphatic rings. The molecule has 3 heteroatoms. The molecule has 2 atom stereocenters. The maximum atomic E-state index is 5.53. The lowest BCUT2D eigenvalue weighted by atomic mass is 9.71. The van der Waals surface area contributed by atoms with Crippen LogP contribution in [0.2, 0.25) is 0 Å². The number of hydrogen-bond donors (Lipinski definition) is 1. The van der Waals surface area contributed by atoms with Crippen LogP contribution in [-0.2, 0) is 12.8 Å². The van der Waals surface area contributed by atoms with Crippen LogP contribution in [0.3, 0.4) is 0 Å². The van der Waals surface area contributed by atoms with Gasteiger partial charge in [0.15, 0.2) is 0 Å². The largest absolute Gasteiger partial charge is 0.496 e. The van der Waals surface area contributed by atoms with Gasteiger partial charge in [-0.1, -0.05) is 6.07 Å². The van der Waals surface area contributed by atoms with Gasteiger partial charge in [-0.3, -0.25) is 0 Å². The molecule has 0 spiro atoms. The second kappa shape index (κ2) is 5.50. The normalized spacial score (nSPS) is 25.0. The van der Waals surface area contributed by atoms with Crippen molar-refractivity contribution < 1.29 is 4.74 Å². The summed E-state index contributed by atoms with van der Waals surface area (Å²) in [5.74, 6) is 1.81. The zero-order valence-electron chi connectivity index (χ0n) is 11.2. The third kappa shape index (κ3) is 2.02. The van der Waals surface area contributed by atoms with E-state index in [2.05, 4.69) is 24.5 Å². The number of aryl methyl sites for hydroxylation is 1. The van der Waals surface area contributed by atoms with Crippen molar-refractivity contribution in [1.82, 2.24) is 5.32 Å². The Morgan fingerprint density at radius 1 is 1.22 bits per heavy atom. The summed E-state index contributed by atoms with van der Waals surface area (Å²) in [6, 6.07) is 5.10. The average Bonchev–Trinajstić information content (AvgIpc) is 2.40. The van der Waals surface area contributed by atoms with Crippen LogP contribution in [0, 0.1) is 0 Å². The fraction of sp³-hybridized carbons (Fsp3) is 0.600. The Morgan fingerprint density at radius 2 is 2.06 bits per heavy atom. The van der Waals surface area contributed by atoms with E-state index < -0.39 is 0 Å². The first-order chi connectivity index (χ1) is 8.35. The van der Waals surface area contributed by atoms with Crippen LogP contribution in [0.5, 0.6) is 5.75 Å². The van der Waals surface area contributed by atoms with Gasteiger partial charge in [-0.05, 0) is 67.8 Å². The molecular formula is C15H22ClNO. The van der Waals surface area contributed by atoms with Crippen LogP contribution in [0.4, 0.5) is 0 Å². The molecule has 1 aromatic carbocycles. The van der Waals surface area contributed by atoms with Crippen molar-refractivity contribution in [3.05, 3.63) is 28.8 Å². The molecule has 0 heterocycles. The molecule has 18 heavy (non-hydrogen) atoms. The zero-order valence-corrected chi connectivity index (χ0v) is 12.0. The SMILES string of the molecule is CNC1CCc2ccc(OC)c3c2C1CCC3.Cl. The number of methoxy groups -OCH3 is 1. The van der Waals surface area contributed by atoms with E-state index in [1.807, 2.05) is 0 Å². The van der Waals surface area contributed by atoms with Gasteiger partial charge in [0.25, 0.3) is 0 Å². The summed E-state index contributed by atoms with van der Waals surface area (Å²) in [6.07, 6.45) is 6.32. The molecule has 3 rings (SSSR count). The number of rotatable bonds is 2. The van der Waals surface area contributed by atoms with Crippen molar-refractivity contribution in [3.63, 3.8) is 0 Å². The molecule has 0 radical (unpaired) electrons. The Kier molecular flexibility index (Phi) is 4.18. The fourth-order valence-electron chi connectivity index (χ4n) is 3.73. The standard InChI is InChI=1S/C15H21NO.ClH/c1-16-13-8-6-10-7-9-14(17-2)12-5-3-4-11(13)15(10)12;/h7,9,11,13,16H,3-6,8H2,1-2H3;1H. The quantitative estimate of drug-likeness (QED) is 0.889. The number of nitrogens with one attached hydrogen (secondary N) is 1. The van der Waals surface area contributed by atoms with Gasteiger partial charge >= 0.3 is 0 Å². The molecule has 0 saturated heterocycles. The van der Waals surface area contributed by atoms with E-state index >= 15 is 0 Å². The lowest BCUT2D eigenvalue weighted by Gasteiger charge is -2.38. The Labute approximate surface area is 116 Å². The van der Waals surface area contributed by atoms with E-state index in [9.17, 15) is 0 Å². The van der Waals surface area contributed by atoms with E-state index in [1.165, 1.54) is 37.7 Å². The molecule has 2 aliphatic carbocycles. The van der Waals surface area contributed by atoms with Gasteiger partial charge in [-0.15, -0.1) is 12.4 Å². The highest BCUT2D eigenvalue weighted by molar-refractivity contribution is 5.85. The fourth-order valence-corrected chi connectivity index (χ4v) is 3.73. The molecule has 100 valence electrons. The number of benzene rings is 1. The van der Waals surface area contributed by atoms with E-state index in [4.69, 9.17) is 4.74 Å². The minimum absolute atomic E-state index is 0. The number of hydrogen-bond acceptors (Lipinski definition) is 2. The molecule has 0 amide bonds. The minimum atomic E-state index is 0. The van der Waals surface area contributed by atoms with Crippen molar-refractivity contribution in [2.24, 2.45) is 0 Å². The van der Waals surface area contributed by atoms with Crippen LogP contribution in [0.1, 0.15) is 41.9 Å². The van der Waals surface area contributed by atoms with Crippen molar-refractivity contribution in [2.75, 3.05) is 14.2 Å². The van der Waals surface area contributed by atoms with Gasteiger partial charge in [-0.25, -0.2) is 0 Å². The highest BCUT2D eigenvalue weighted by atomic mass is 35.5. The van der Waals surface area contributed by atoms with Crippen LogP contribution < -0.4 is 10.1 Å². The van der Waals surface area contributed by atoms with Crippen molar-refractivity contribution in [1.29, 1.82) is 0 Å². The predicted octanol–water partition coefficient (Wildman–Crippen LogP) is 3.07. The van der Waals surface area contributed by atoms with E-state index in [-0.39, 0.29) is 12.4 Å². The predicted molar refractivity (Wildman–Crippen MR) is 77.1 cm³/mol. The number of ether oxygens (including phenoxy) is 1. The summed E-state index contributed by atoms with van der Waals surface area (Å²) >= 11 is 0. The third-order valence-corrected chi connectivity index (χ3v) is 4.52. The Bertz CT molecular complexity index is 433. The minimum Gasteiger partial charge on any atom is -0.496 e. The monoisotopic (exact) mass is 267 g/mol. The molecule has 2 nitrogen and oxygen atoms in total. The Balaban J connectivity index is 0.00000120. The summed E-state index contributed by atoms with van der Waals surface area (Å²) in [5, 5.41) is 3.50. The van der Waals surface area contributed by atoms with Crippen LogP contribution in [0.15, 0.2) is 12.1 Å². The molecule has 0 aliphatic heterocycles. The van der Waals surface area contributed by atoms with E-state index in [0.29, 0.717) is 12.0 Å². The molecule has 2 unspecified atom stereocenters. The van der Waals surface area contributed by atoms with Gasteiger partial charge in [0, 0.05) is 6.04 Å². The summed E-state index contributed by atoms with van der Waals surface area (Å²) < 4.78 is 5.53. The smallest absolute Gasteiger partial charge is 0.122 e. The molecule has 1 aromatic rings. The van der Waals surface area contributed by atoms with Gasteiger partial charge in [0.1, 0.15) is 5.75 Å². The summed E-state index contributed by atoms with van der Waals surface area (Å²) in [4.78, 5) is 0. The molecular weight excluding hydrogens is 246 g/mol. The van der Waals surface area contributed by atoms with Crippen LogP contribution >= 0.6 is 12.4 Å². The molecule has 0 saturated carbocycles. The number of halogens is 1. The van der Waals surface area contributed by atoms with Crippen LogP contribution in [0.25, 0.3) is 0 Å². The molecule has 0 aromatic heterocycles. The average molecular weight is 268 g/mol. The van der Waals surface area contributed by atoms with Gasteiger partial charge < -0.3 is 10.1 Å². The molecule has 0 bridgehead atoms. The maximum absolute atomic E-state index is 5.53. The van der Waals surface area contributed by atoms with E-state index in [0.717, 1.165) is 5.75 Å². The van der Waals surface area contributed by atoms with E-state index in [1.54, 1.807) is 18.2 Å². The van der Waals surface area contributed by atoms with Crippen molar-refractivity contribution in [2.45, 2.75) is 44.1 Å². The van der Waals surface area contributed by atoms with Gasteiger partial charge in [0.2, 0.25) is 0 Å². The third-order valence-electron chi connectivity index (χ3n) is 4.52. The summed E-state index contributed by atoms with van der Waals surface area (Å²) in [6.45, 7) is 0. The topological polar surface area (TPSA) is 21.3 Å².